The zero-order valence-corrected chi connectivity index (χ0v) is 14.5. The minimum Gasteiger partial charge on any atom is -0.342 e. The summed E-state index contributed by atoms with van der Waals surface area (Å²) in [7, 11) is 0. The molecule has 1 fully saturated rings. The van der Waals surface area contributed by atoms with E-state index in [0.29, 0.717) is 37.0 Å². The van der Waals surface area contributed by atoms with Crippen LogP contribution in [0.2, 0.25) is 5.02 Å². The maximum Gasteiger partial charge on any atom is 0.274 e. The predicted molar refractivity (Wildman–Crippen MR) is 95.0 cm³/mol. The van der Waals surface area contributed by atoms with E-state index < -0.39 is 0 Å². The van der Waals surface area contributed by atoms with Crippen molar-refractivity contribution >= 4 is 35.4 Å². The molecule has 0 spiro atoms. The number of anilines is 2. The number of nitrogens with one attached hydrogen (secondary N) is 1. The number of hydrogen-bond acceptors (Lipinski definition) is 5. The molecule has 1 aliphatic heterocycles. The summed E-state index contributed by atoms with van der Waals surface area (Å²) in [6, 6.07) is 5.57. The zero-order valence-electron chi connectivity index (χ0n) is 13.8. The smallest absolute Gasteiger partial charge is 0.274 e. The average Bonchev–Trinajstić information content (AvgIpc) is 2.65. The fraction of sp³-hybridized carbons (Fsp3) is 0.294. The molecule has 8 heteroatoms. The van der Waals surface area contributed by atoms with Crippen molar-refractivity contribution in [2.24, 2.45) is 0 Å². The Morgan fingerprint density at radius 2 is 1.96 bits per heavy atom. The van der Waals surface area contributed by atoms with E-state index in [9.17, 15) is 9.59 Å². The van der Waals surface area contributed by atoms with Gasteiger partial charge in [-0.05, 0) is 24.6 Å². The fourth-order valence-electron chi connectivity index (χ4n) is 2.58. The normalized spacial score (nSPS) is 14.3. The van der Waals surface area contributed by atoms with Gasteiger partial charge in [0.2, 0.25) is 6.41 Å². The molecule has 3 rings (SSSR count). The maximum atomic E-state index is 12.4. The number of aromatic nitrogens is 2. The van der Waals surface area contributed by atoms with Crippen LogP contribution in [0.4, 0.5) is 11.5 Å². The number of carbonyl (C=O) groups excluding carboxylic acids is 2. The van der Waals surface area contributed by atoms with Gasteiger partial charge < -0.3 is 15.1 Å². The lowest BCUT2D eigenvalue weighted by atomic mass is 10.2. The molecule has 1 N–H and O–H groups in total. The van der Waals surface area contributed by atoms with Crippen molar-refractivity contribution in [1.82, 2.24) is 19.8 Å². The van der Waals surface area contributed by atoms with Gasteiger partial charge >= 0.3 is 0 Å². The maximum absolute atomic E-state index is 12.4. The molecule has 1 aromatic heterocycles. The highest BCUT2D eigenvalue weighted by Gasteiger charge is 2.22. The van der Waals surface area contributed by atoms with E-state index in [-0.39, 0.29) is 11.6 Å². The third-order valence-corrected chi connectivity index (χ3v) is 4.56. The fourth-order valence-corrected chi connectivity index (χ4v) is 2.75. The molecular formula is C17H18ClN5O2. The van der Waals surface area contributed by atoms with Gasteiger partial charge in [-0.3, -0.25) is 9.59 Å². The van der Waals surface area contributed by atoms with Crippen LogP contribution in [0.15, 0.2) is 30.6 Å². The van der Waals surface area contributed by atoms with E-state index in [0.717, 1.165) is 17.7 Å². The van der Waals surface area contributed by atoms with Gasteiger partial charge in [0.25, 0.3) is 5.91 Å². The molecular weight excluding hydrogens is 342 g/mol. The second kappa shape index (κ2) is 7.48. The first-order valence-corrected chi connectivity index (χ1v) is 8.29. The zero-order chi connectivity index (χ0) is 17.8. The summed E-state index contributed by atoms with van der Waals surface area (Å²) < 4.78 is 0. The lowest BCUT2D eigenvalue weighted by Crippen LogP contribution is -2.48. The molecule has 0 radical (unpaired) electrons. The number of rotatable bonds is 4. The van der Waals surface area contributed by atoms with Crippen molar-refractivity contribution < 1.29 is 9.59 Å². The molecule has 0 saturated carbocycles. The van der Waals surface area contributed by atoms with E-state index in [1.807, 2.05) is 25.1 Å². The van der Waals surface area contributed by atoms with Gasteiger partial charge in [0.1, 0.15) is 11.5 Å². The van der Waals surface area contributed by atoms with Crippen molar-refractivity contribution in [2.75, 3.05) is 31.5 Å². The second-order valence-electron chi connectivity index (χ2n) is 5.76. The van der Waals surface area contributed by atoms with Crippen molar-refractivity contribution in [3.63, 3.8) is 0 Å². The van der Waals surface area contributed by atoms with Gasteiger partial charge in [0.15, 0.2) is 0 Å². The summed E-state index contributed by atoms with van der Waals surface area (Å²) in [6.07, 6.45) is 3.78. The Kier molecular flexibility index (Phi) is 5.14. The highest BCUT2D eigenvalue weighted by atomic mass is 35.5. The molecule has 0 bridgehead atoms. The van der Waals surface area contributed by atoms with Gasteiger partial charge in [0.05, 0.1) is 12.4 Å². The lowest BCUT2D eigenvalue weighted by Gasteiger charge is -2.32. The van der Waals surface area contributed by atoms with Crippen LogP contribution in [0.25, 0.3) is 0 Å². The summed E-state index contributed by atoms with van der Waals surface area (Å²) in [5, 5.41) is 3.81. The highest BCUT2D eigenvalue weighted by molar-refractivity contribution is 6.31. The van der Waals surface area contributed by atoms with Crippen LogP contribution in [0, 0.1) is 6.92 Å². The summed E-state index contributed by atoms with van der Waals surface area (Å²) >= 11 is 6.10. The number of nitrogens with zero attached hydrogens (tertiary/aromatic N) is 4. The number of benzene rings is 1. The third kappa shape index (κ3) is 3.88. The SMILES string of the molecule is Cc1c(Cl)cccc1Nc1cnc(C(=O)N2CCN(C=O)CC2)cn1. The van der Waals surface area contributed by atoms with E-state index in [2.05, 4.69) is 15.3 Å². The van der Waals surface area contributed by atoms with Crippen molar-refractivity contribution in [3.8, 4) is 0 Å². The van der Waals surface area contributed by atoms with Crippen molar-refractivity contribution in [3.05, 3.63) is 46.9 Å². The first-order chi connectivity index (χ1) is 12.1. The molecule has 0 unspecified atom stereocenters. The van der Waals surface area contributed by atoms with Gasteiger partial charge in [-0.2, -0.15) is 0 Å². The van der Waals surface area contributed by atoms with Gasteiger partial charge in [0, 0.05) is 36.9 Å². The minimum atomic E-state index is -0.177. The number of hydrogen-bond donors (Lipinski definition) is 1. The highest BCUT2D eigenvalue weighted by Crippen LogP contribution is 2.25. The summed E-state index contributed by atoms with van der Waals surface area (Å²) in [4.78, 5) is 35.0. The molecule has 130 valence electrons. The van der Waals surface area contributed by atoms with Crippen LogP contribution in [0.1, 0.15) is 16.1 Å². The molecule has 25 heavy (non-hydrogen) atoms. The first kappa shape index (κ1) is 17.2. The standard InChI is InChI=1S/C17H18ClN5O2/c1-12-13(18)3-2-4-14(12)21-16-10-19-15(9-20-16)17(25)23-7-5-22(11-24)6-8-23/h2-4,9-11H,5-8H2,1H3,(H,20,21). The monoisotopic (exact) mass is 359 g/mol. The van der Waals surface area contributed by atoms with Crippen LogP contribution in [-0.4, -0.2) is 58.3 Å². The molecule has 0 atom stereocenters. The average molecular weight is 360 g/mol. The topological polar surface area (TPSA) is 78.4 Å². The van der Waals surface area contributed by atoms with Crippen LogP contribution < -0.4 is 5.32 Å². The summed E-state index contributed by atoms with van der Waals surface area (Å²) in [6.45, 7) is 3.99. The molecule has 2 heterocycles. The first-order valence-electron chi connectivity index (χ1n) is 7.91. The molecule has 2 amide bonds. The van der Waals surface area contributed by atoms with Gasteiger partial charge in [-0.1, -0.05) is 17.7 Å². The van der Waals surface area contributed by atoms with Gasteiger partial charge in [-0.15, -0.1) is 0 Å². The number of carbonyl (C=O) groups is 2. The second-order valence-corrected chi connectivity index (χ2v) is 6.17. The lowest BCUT2D eigenvalue weighted by molar-refractivity contribution is -0.119. The van der Waals surface area contributed by atoms with Crippen LogP contribution in [-0.2, 0) is 4.79 Å². The quantitative estimate of drug-likeness (QED) is 0.846. The molecule has 7 nitrogen and oxygen atoms in total. The number of piperazine rings is 1. The third-order valence-electron chi connectivity index (χ3n) is 4.15. The van der Waals surface area contributed by atoms with E-state index in [1.54, 1.807) is 9.80 Å². The molecule has 2 aromatic rings. The Morgan fingerprint density at radius 1 is 1.20 bits per heavy atom. The van der Waals surface area contributed by atoms with E-state index >= 15 is 0 Å². The van der Waals surface area contributed by atoms with E-state index in [4.69, 9.17) is 11.6 Å². The van der Waals surface area contributed by atoms with Crippen LogP contribution in [0.3, 0.4) is 0 Å². The molecule has 1 saturated heterocycles. The number of halogens is 1. The van der Waals surface area contributed by atoms with Crippen molar-refractivity contribution in [1.29, 1.82) is 0 Å². The Morgan fingerprint density at radius 3 is 2.60 bits per heavy atom. The molecule has 1 aromatic carbocycles. The molecule has 0 aliphatic carbocycles. The Labute approximate surface area is 150 Å². The van der Waals surface area contributed by atoms with Crippen molar-refractivity contribution in [2.45, 2.75) is 6.92 Å². The largest absolute Gasteiger partial charge is 0.342 e. The summed E-state index contributed by atoms with van der Waals surface area (Å²) in [5.74, 6) is 0.358. The number of amides is 2. The minimum absolute atomic E-state index is 0.177. The van der Waals surface area contributed by atoms with Crippen LogP contribution >= 0.6 is 11.6 Å². The van der Waals surface area contributed by atoms with Gasteiger partial charge in [-0.25, -0.2) is 9.97 Å². The Balaban J connectivity index is 1.67. The Hall–Kier alpha value is -2.67. The van der Waals surface area contributed by atoms with Crippen LogP contribution in [0.5, 0.6) is 0 Å². The Bertz CT molecular complexity index is 773. The van der Waals surface area contributed by atoms with E-state index in [1.165, 1.54) is 12.4 Å². The molecule has 1 aliphatic rings. The summed E-state index contributed by atoms with van der Waals surface area (Å²) in [5.41, 5.74) is 2.04. The predicted octanol–water partition coefficient (Wildman–Crippen LogP) is 2.10.